The molecule has 0 aromatic heterocycles. The number of amides is 1. The van der Waals surface area contributed by atoms with Gasteiger partial charge in [0.25, 0.3) is 0 Å². The van der Waals surface area contributed by atoms with Gasteiger partial charge in [-0.3, -0.25) is 9.59 Å². The summed E-state index contributed by atoms with van der Waals surface area (Å²) in [5.74, 6) is -2.74. The molecule has 6 heteroatoms. The van der Waals surface area contributed by atoms with Crippen LogP contribution in [0.1, 0.15) is 33.6 Å². The lowest BCUT2D eigenvalue weighted by Crippen LogP contribution is -2.57. The average Bonchev–Trinajstić information content (AvgIpc) is 2.24. The Hall–Kier alpha value is -1.43. The number of aliphatic carboxylic acids is 1. The molecule has 0 rings (SSSR count). The maximum Gasteiger partial charge on any atom is 0.331 e. The molecule has 0 aromatic rings. The van der Waals surface area contributed by atoms with Gasteiger partial charge in [0.15, 0.2) is 11.3 Å². The van der Waals surface area contributed by atoms with Crippen LogP contribution in [0.3, 0.4) is 0 Å². The Kier molecular flexibility index (Phi) is 5.81. The molecule has 17 heavy (non-hydrogen) atoms. The minimum absolute atomic E-state index is 0.0743. The Morgan fingerprint density at radius 3 is 2.24 bits per heavy atom. The molecule has 6 nitrogen and oxygen atoms in total. The number of carboxylic acids is 1. The van der Waals surface area contributed by atoms with Crippen molar-refractivity contribution in [1.29, 1.82) is 0 Å². The minimum atomic E-state index is -1.97. The zero-order chi connectivity index (χ0) is 13.6. The van der Waals surface area contributed by atoms with Crippen molar-refractivity contribution in [3.05, 3.63) is 0 Å². The van der Waals surface area contributed by atoms with Gasteiger partial charge >= 0.3 is 5.97 Å². The van der Waals surface area contributed by atoms with Crippen LogP contribution in [0, 0.1) is 5.92 Å². The van der Waals surface area contributed by atoms with Crippen LogP contribution in [0.25, 0.3) is 0 Å². The normalized spacial score (nSPS) is 14.2. The van der Waals surface area contributed by atoms with Gasteiger partial charge in [-0.1, -0.05) is 13.8 Å². The van der Waals surface area contributed by atoms with Gasteiger partial charge in [0.1, 0.15) is 0 Å². The maximum absolute atomic E-state index is 11.7. The van der Waals surface area contributed by atoms with Crippen LogP contribution in [0.15, 0.2) is 0 Å². The maximum atomic E-state index is 11.7. The molecule has 0 heterocycles. The van der Waals surface area contributed by atoms with Crippen molar-refractivity contribution >= 4 is 17.7 Å². The molecule has 0 spiro atoms. The molecule has 0 bridgehead atoms. The van der Waals surface area contributed by atoms with Gasteiger partial charge in [0, 0.05) is 18.9 Å². The second-order valence-electron chi connectivity index (χ2n) is 4.25. The van der Waals surface area contributed by atoms with Crippen molar-refractivity contribution in [2.24, 2.45) is 11.7 Å². The molecule has 1 amide bonds. The summed E-state index contributed by atoms with van der Waals surface area (Å²) >= 11 is 0. The van der Waals surface area contributed by atoms with Crippen molar-refractivity contribution in [3.8, 4) is 0 Å². The number of nitrogens with two attached hydrogens (primary N) is 1. The number of rotatable bonds is 7. The lowest BCUT2D eigenvalue weighted by atomic mass is 9.84. The van der Waals surface area contributed by atoms with Crippen molar-refractivity contribution in [1.82, 2.24) is 5.32 Å². The topological polar surface area (TPSA) is 109 Å². The third-order valence-electron chi connectivity index (χ3n) is 2.47. The highest BCUT2D eigenvalue weighted by Crippen LogP contribution is 2.16. The van der Waals surface area contributed by atoms with E-state index in [9.17, 15) is 14.4 Å². The minimum Gasteiger partial charge on any atom is -0.480 e. The van der Waals surface area contributed by atoms with Gasteiger partial charge in [0.05, 0.1) is 0 Å². The third-order valence-corrected chi connectivity index (χ3v) is 2.47. The summed E-state index contributed by atoms with van der Waals surface area (Å²) in [5, 5.41) is 11.5. The number of hydrogen-bond donors (Lipinski definition) is 3. The summed E-state index contributed by atoms with van der Waals surface area (Å²) in [7, 11) is 0. The molecule has 0 aliphatic rings. The predicted octanol–water partition coefficient (Wildman–Crippen LogP) is -0.0901. The Balaban J connectivity index is 4.70. The first kappa shape index (κ1) is 15.6. The molecule has 98 valence electrons. The van der Waals surface area contributed by atoms with E-state index in [0.717, 1.165) is 0 Å². The molecule has 1 atom stereocenters. The summed E-state index contributed by atoms with van der Waals surface area (Å²) in [6.07, 6.45) is -0.264. The molecule has 0 fully saturated rings. The largest absolute Gasteiger partial charge is 0.480 e. The van der Waals surface area contributed by atoms with Gasteiger partial charge in [-0.25, -0.2) is 4.79 Å². The summed E-state index contributed by atoms with van der Waals surface area (Å²) in [6.45, 7) is 5.38. The van der Waals surface area contributed by atoms with Gasteiger partial charge in [-0.05, 0) is 13.3 Å². The zero-order valence-corrected chi connectivity index (χ0v) is 10.4. The van der Waals surface area contributed by atoms with Gasteiger partial charge in [-0.2, -0.15) is 0 Å². The number of Topliss-reactive ketones (excluding diaryl/α,β-unsaturated/α-hetero) is 1. The number of carbonyl (C=O) groups is 3. The van der Waals surface area contributed by atoms with E-state index in [2.05, 4.69) is 5.32 Å². The SMILES string of the molecule is CCNC(=O)CCC(N)(C(=O)O)C(=O)C(C)C. The fourth-order valence-electron chi connectivity index (χ4n) is 1.45. The van der Waals surface area contributed by atoms with E-state index in [1.807, 2.05) is 0 Å². The molecular formula is C11H20N2O4. The third kappa shape index (κ3) is 4.14. The monoisotopic (exact) mass is 244 g/mol. The van der Waals surface area contributed by atoms with Crippen LogP contribution in [-0.4, -0.2) is 34.8 Å². The van der Waals surface area contributed by atoms with Gasteiger partial charge < -0.3 is 16.2 Å². The Morgan fingerprint density at radius 1 is 1.35 bits per heavy atom. The van der Waals surface area contributed by atoms with E-state index < -0.39 is 23.2 Å². The summed E-state index contributed by atoms with van der Waals surface area (Å²) in [6, 6.07) is 0. The highest BCUT2D eigenvalue weighted by Gasteiger charge is 2.42. The van der Waals surface area contributed by atoms with Crippen molar-refractivity contribution in [2.75, 3.05) is 6.54 Å². The zero-order valence-electron chi connectivity index (χ0n) is 10.4. The molecule has 0 saturated carbocycles. The summed E-state index contributed by atoms with van der Waals surface area (Å²) < 4.78 is 0. The van der Waals surface area contributed by atoms with Crippen molar-refractivity contribution in [3.63, 3.8) is 0 Å². The molecule has 0 aliphatic heterocycles. The lowest BCUT2D eigenvalue weighted by Gasteiger charge is -2.24. The summed E-state index contributed by atoms with van der Waals surface area (Å²) in [5.41, 5.74) is 3.63. The van der Waals surface area contributed by atoms with Crippen molar-refractivity contribution in [2.45, 2.75) is 39.2 Å². The van der Waals surface area contributed by atoms with E-state index in [-0.39, 0.29) is 18.7 Å². The molecule has 0 radical (unpaired) electrons. The Morgan fingerprint density at radius 2 is 1.88 bits per heavy atom. The molecule has 0 saturated heterocycles. The molecule has 0 aliphatic carbocycles. The van der Waals surface area contributed by atoms with E-state index >= 15 is 0 Å². The summed E-state index contributed by atoms with van der Waals surface area (Å²) in [4.78, 5) is 34.0. The van der Waals surface area contributed by atoms with Crippen molar-refractivity contribution < 1.29 is 19.5 Å². The highest BCUT2D eigenvalue weighted by atomic mass is 16.4. The lowest BCUT2D eigenvalue weighted by molar-refractivity contribution is -0.149. The first-order chi connectivity index (χ1) is 7.75. The van der Waals surface area contributed by atoms with Gasteiger partial charge in [0.2, 0.25) is 5.91 Å². The second-order valence-corrected chi connectivity index (χ2v) is 4.25. The van der Waals surface area contributed by atoms with Crippen LogP contribution < -0.4 is 11.1 Å². The first-order valence-corrected chi connectivity index (χ1v) is 5.59. The highest BCUT2D eigenvalue weighted by molar-refractivity contribution is 6.08. The fourth-order valence-corrected chi connectivity index (χ4v) is 1.45. The number of nitrogens with one attached hydrogen (secondary N) is 1. The standard InChI is InChI=1S/C11H20N2O4/c1-4-13-8(14)5-6-11(12,10(16)17)9(15)7(2)3/h7H,4-6,12H2,1-3H3,(H,13,14)(H,16,17). The average molecular weight is 244 g/mol. The van der Waals surface area contributed by atoms with E-state index in [1.54, 1.807) is 20.8 Å². The van der Waals surface area contributed by atoms with Crippen LogP contribution in [0.5, 0.6) is 0 Å². The Bertz CT molecular complexity index is 315. The van der Waals surface area contributed by atoms with Crippen LogP contribution >= 0.6 is 0 Å². The van der Waals surface area contributed by atoms with Crippen LogP contribution in [-0.2, 0) is 14.4 Å². The number of carboxylic acid groups (broad SMARTS) is 1. The van der Waals surface area contributed by atoms with Crippen LogP contribution in [0.2, 0.25) is 0 Å². The fraction of sp³-hybridized carbons (Fsp3) is 0.727. The van der Waals surface area contributed by atoms with E-state index in [1.165, 1.54) is 0 Å². The first-order valence-electron chi connectivity index (χ1n) is 5.59. The van der Waals surface area contributed by atoms with Gasteiger partial charge in [-0.15, -0.1) is 0 Å². The number of carbonyl (C=O) groups excluding carboxylic acids is 2. The Labute approximate surface area is 101 Å². The molecule has 0 aromatic carbocycles. The number of hydrogen-bond acceptors (Lipinski definition) is 4. The quantitative estimate of drug-likeness (QED) is 0.542. The second kappa shape index (κ2) is 6.34. The van der Waals surface area contributed by atoms with E-state index in [0.29, 0.717) is 6.54 Å². The molecular weight excluding hydrogens is 224 g/mol. The van der Waals surface area contributed by atoms with E-state index in [4.69, 9.17) is 10.8 Å². The molecule has 1 unspecified atom stereocenters. The molecule has 4 N–H and O–H groups in total. The predicted molar refractivity (Wildman–Crippen MR) is 62.3 cm³/mol. The smallest absolute Gasteiger partial charge is 0.331 e. The van der Waals surface area contributed by atoms with Crippen LogP contribution in [0.4, 0.5) is 0 Å². The number of ketones is 1.